The molecule has 0 fully saturated rings. The molecule has 1 amide bonds. The quantitative estimate of drug-likeness (QED) is 0.442. The van der Waals surface area contributed by atoms with E-state index in [4.69, 9.17) is 0 Å². The highest BCUT2D eigenvalue weighted by atomic mass is 16.3. The van der Waals surface area contributed by atoms with Crippen LogP contribution in [0.4, 0.5) is 0 Å². The third kappa shape index (κ3) is 9.43. The van der Waals surface area contributed by atoms with Gasteiger partial charge in [0.15, 0.2) is 0 Å². The van der Waals surface area contributed by atoms with Gasteiger partial charge in [-0.2, -0.15) is 0 Å². The van der Waals surface area contributed by atoms with E-state index in [1.807, 2.05) is 0 Å². The molecule has 0 atom stereocenters. The molecule has 0 unspecified atom stereocenters. The third-order valence-corrected chi connectivity index (χ3v) is 1.44. The number of carbonyl (C=O) groups is 1. The van der Waals surface area contributed by atoms with Crippen molar-refractivity contribution in [3.8, 4) is 0 Å². The summed E-state index contributed by atoms with van der Waals surface area (Å²) in [4.78, 5) is 9.80. The Labute approximate surface area is 67.8 Å². The minimum Gasteiger partial charge on any atom is -0.390 e. The molecule has 0 aromatic rings. The molecule has 0 rings (SSSR count). The van der Waals surface area contributed by atoms with Gasteiger partial charge in [0.25, 0.3) is 0 Å². The molecule has 3 nitrogen and oxygen atoms in total. The van der Waals surface area contributed by atoms with Crippen LogP contribution in [0, 0.1) is 0 Å². The lowest BCUT2D eigenvalue weighted by Crippen LogP contribution is -2.19. The average molecular weight is 159 g/mol. The molecule has 0 aliphatic carbocycles. The molecule has 0 saturated heterocycles. The van der Waals surface area contributed by atoms with Gasteiger partial charge in [-0.25, -0.2) is 0 Å². The van der Waals surface area contributed by atoms with Gasteiger partial charge >= 0.3 is 0 Å². The number of hydrogen-bond donors (Lipinski definition) is 2. The lowest BCUT2D eigenvalue weighted by Gasteiger charge is -2.15. The number of amides is 1. The van der Waals surface area contributed by atoms with Crippen molar-refractivity contribution in [2.24, 2.45) is 0 Å². The maximum absolute atomic E-state index is 9.80. The Kier molecular flexibility index (Phi) is 4.86. The van der Waals surface area contributed by atoms with Gasteiger partial charge in [0.1, 0.15) is 0 Å². The summed E-state index contributed by atoms with van der Waals surface area (Å²) < 4.78 is 0. The van der Waals surface area contributed by atoms with Crippen LogP contribution in [-0.4, -0.2) is 23.7 Å². The second-order valence-corrected chi connectivity index (χ2v) is 3.34. The van der Waals surface area contributed by atoms with E-state index in [2.05, 4.69) is 5.32 Å². The Morgan fingerprint density at radius 3 is 2.55 bits per heavy atom. The van der Waals surface area contributed by atoms with E-state index in [1.165, 1.54) is 0 Å². The zero-order chi connectivity index (χ0) is 8.74. The molecule has 2 N–H and O–H groups in total. The SMILES string of the molecule is CC(C)(O)CCCCNC=O. The first kappa shape index (κ1) is 10.4. The number of carbonyl (C=O) groups excluding carboxylic acids is 1. The van der Waals surface area contributed by atoms with Crippen molar-refractivity contribution in [1.82, 2.24) is 5.32 Å². The van der Waals surface area contributed by atoms with E-state index in [0.717, 1.165) is 19.3 Å². The van der Waals surface area contributed by atoms with E-state index in [0.29, 0.717) is 13.0 Å². The largest absolute Gasteiger partial charge is 0.390 e. The van der Waals surface area contributed by atoms with Gasteiger partial charge in [0.05, 0.1) is 5.60 Å². The van der Waals surface area contributed by atoms with Gasteiger partial charge in [-0.1, -0.05) is 0 Å². The Bertz CT molecular complexity index is 107. The molecule has 3 heteroatoms. The van der Waals surface area contributed by atoms with Gasteiger partial charge in [0, 0.05) is 6.54 Å². The average Bonchev–Trinajstić information content (AvgIpc) is 1.85. The normalized spacial score (nSPS) is 11.2. The van der Waals surface area contributed by atoms with Crippen molar-refractivity contribution in [3.63, 3.8) is 0 Å². The fourth-order valence-electron chi connectivity index (χ4n) is 0.844. The van der Waals surface area contributed by atoms with Crippen LogP contribution in [-0.2, 0) is 4.79 Å². The highest BCUT2D eigenvalue weighted by molar-refractivity contribution is 5.45. The van der Waals surface area contributed by atoms with Crippen molar-refractivity contribution in [3.05, 3.63) is 0 Å². The van der Waals surface area contributed by atoms with Gasteiger partial charge in [-0.05, 0) is 33.1 Å². The summed E-state index contributed by atoms with van der Waals surface area (Å²) in [5.41, 5.74) is -0.568. The summed E-state index contributed by atoms with van der Waals surface area (Å²) in [6, 6.07) is 0. The molecule has 0 bridgehead atoms. The molecule has 0 aromatic carbocycles. The standard InChI is InChI=1S/C8H17NO2/c1-8(2,11)5-3-4-6-9-7-10/h7,11H,3-6H2,1-2H3,(H,9,10). The summed E-state index contributed by atoms with van der Waals surface area (Å²) in [5, 5.41) is 11.9. The molecule has 66 valence electrons. The summed E-state index contributed by atoms with van der Waals surface area (Å²) >= 11 is 0. The Morgan fingerprint density at radius 2 is 2.09 bits per heavy atom. The third-order valence-electron chi connectivity index (χ3n) is 1.44. The van der Waals surface area contributed by atoms with Crippen molar-refractivity contribution in [1.29, 1.82) is 0 Å². The van der Waals surface area contributed by atoms with Gasteiger partial charge in [0.2, 0.25) is 6.41 Å². The van der Waals surface area contributed by atoms with Crippen LogP contribution in [0.1, 0.15) is 33.1 Å². The Hall–Kier alpha value is -0.570. The van der Waals surface area contributed by atoms with E-state index in [9.17, 15) is 9.90 Å². The van der Waals surface area contributed by atoms with E-state index < -0.39 is 5.60 Å². The van der Waals surface area contributed by atoms with Crippen molar-refractivity contribution in [2.45, 2.75) is 38.7 Å². The smallest absolute Gasteiger partial charge is 0.207 e. The predicted octanol–water partition coefficient (Wildman–Crippen LogP) is 0.674. The van der Waals surface area contributed by atoms with Crippen LogP contribution in [0.15, 0.2) is 0 Å². The molecule has 0 aliphatic rings. The van der Waals surface area contributed by atoms with Gasteiger partial charge < -0.3 is 10.4 Å². The number of hydrogen-bond acceptors (Lipinski definition) is 2. The first-order valence-corrected chi connectivity index (χ1v) is 3.96. The first-order chi connectivity index (χ1) is 5.06. The fraction of sp³-hybridized carbons (Fsp3) is 0.875. The van der Waals surface area contributed by atoms with Crippen LogP contribution in [0.2, 0.25) is 0 Å². The van der Waals surface area contributed by atoms with Gasteiger partial charge in [-0.15, -0.1) is 0 Å². The number of nitrogens with one attached hydrogen (secondary N) is 1. The lowest BCUT2D eigenvalue weighted by molar-refractivity contribution is -0.109. The minimum absolute atomic E-state index is 0.568. The van der Waals surface area contributed by atoms with Crippen LogP contribution < -0.4 is 5.32 Å². The van der Waals surface area contributed by atoms with Crippen LogP contribution >= 0.6 is 0 Å². The Balaban J connectivity index is 3.08. The summed E-state index contributed by atoms with van der Waals surface area (Å²) in [6.07, 6.45) is 3.37. The minimum atomic E-state index is -0.568. The van der Waals surface area contributed by atoms with Crippen LogP contribution in [0.25, 0.3) is 0 Å². The molecule has 0 saturated carbocycles. The predicted molar refractivity (Wildman–Crippen MR) is 44.2 cm³/mol. The fourth-order valence-corrected chi connectivity index (χ4v) is 0.844. The van der Waals surface area contributed by atoms with E-state index >= 15 is 0 Å². The highest BCUT2D eigenvalue weighted by Crippen LogP contribution is 2.10. The molecular formula is C8H17NO2. The maximum atomic E-state index is 9.80. The van der Waals surface area contributed by atoms with E-state index in [1.54, 1.807) is 13.8 Å². The molecule has 0 heterocycles. The van der Waals surface area contributed by atoms with Crippen molar-refractivity contribution < 1.29 is 9.90 Å². The zero-order valence-electron chi connectivity index (χ0n) is 7.26. The number of unbranched alkanes of at least 4 members (excludes halogenated alkanes) is 1. The summed E-state index contributed by atoms with van der Waals surface area (Å²) in [7, 11) is 0. The summed E-state index contributed by atoms with van der Waals surface area (Å²) in [6.45, 7) is 4.29. The lowest BCUT2D eigenvalue weighted by atomic mass is 10.0. The maximum Gasteiger partial charge on any atom is 0.207 e. The monoisotopic (exact) mass is 159 g/mol. The number of rotatable bonds is 6. The second-order valence-electron chi connectivity index (χ2n) is 3.34. The first-order valence-electron chi connectivity index (χ1n) is 3.96. The highest BCUT2D eigenvalue weighted by Gasteiger charge is 2.10. The molecule has 0 aromatic heterocycles. The summed E-state index contributed by atoms with van der Waals surface area (Å²) in [5.74, 6) is 0. The van der Waals surface area contributed by atoms with Gasteiger partial charge in [-0.3, -0.25) is 4.79 Å². The van der Waals surface area contributed by atoms with Crippen molar-refractivity contribution in [2.75, 3.05) is 6.54 Å². The topological polar surface area (TPSA) is 49.3 Å². The van der Waals surface area contributed by atoms with Crippen LogP contribution in [0.3, 0.4) is 0 Å². The Morgan fingerprint density at radius 1 is 1.45 bits per heavy atom. The second kappa shape index (κ2) is 5.13. The van der Waals surface area contributed by atoms with Crippen LogP contribution in [0.5, 0.6) is 0 Å². The zero-order valence-corrected chi connectivity index (χ0v) is 7.26. The number of aliphatic hydroxyl groups is 1. The van der Waals surface area contributed by atoms with Crippen molar-refractivity contribution >= 4 is 6.41 Å². The molecular weight excluding hydrogens is 142 g/mol. The molecule has 0 aliphatic heterocycles. The molecule has 0 radical (unpaired) electrons. The molecule has 0 spiro atoms. The molecule has 11 heavy (non-hydrogen) atoms. The van der Waals surface area contributed by atoms with E-state index in [-0.39, 0.29) is 0 Å².